The highest BCUT2D eigenvalue weighted by Crippen LogP contribution is 2.20. The topological polar surface area (TPSA) is 55.8 Å². The molecule has 0 aliphatic carbocycles. The molecule has 1 rings (SSSR count). The van der Waals surface area contributed by atoms with Gasteiger partial charge in [0.25, 0.3) is 0 Å². The summed E-state index contributed by atoms with van der Waals surface area (Å²) in [5, 5.41) is 0. The van der Waals surface area contributed by atoms with Crippen LogP contribution in [0.5, 0.6) is 0 Å². The second-order valence-corrected chi connectivity index (χ2v) is 5.59. The molecule has 1 aliphatic heterocycles. The van der Waals surface area contributed by atoms with Crippen LogP contribution in [-0.4, -0.2) is 42.3 Å². The molecule has 5 heteroatoms. The smallest absolute Gasteiger partial charge is 0.410 e. The molecule has 0 aromatic heterocycles. The molecule has 1 aliphatic rings. The standard InChI is InChI=1S/C14H23NO4/c1-5-18-12(16)7-6-11-8-9-15(10-11)13(17)19-14(2,3)4/h6-7,11H,5,8-10H2,1-4H3/b7-6+/t11-/m0/s1. The first-order valence-corrected chi connectivity index (χ1v) is 6.64. The Balaban J connectivity index is 2.41. The van der Waals surface area contributed by atoms with Gasteiger partial charge in [-0.1, -0.05) is 6.08 Å². The number of hydrogen-bond donors (Lipinski definition) is 0. The van der Waals surface area contributed by atoms with Gasteiger partial charge in [0.05, 0.1) is 6.61 Å². The number of rotatable bonds is 3. The first-order chi connectivity index (χ1) is 8.81. The Morgan fingerprint density at radius 3 is 2.63 bits per heavy atom. The van der Waals surface area contributed by atoms with E-state index in [1.165, 1.54) is 6.08 Å². The van der Waals surface area contributed by atoms with Crippen molar-refractivity contribution in [2.24, 2.45) is 5.92 Å². The summed E-state index contributed by atoms with van der Waals surface area (Å²) in [5.74, 6) is -0.143. The summed E-state index contributed by atoms with van der Waals surface area (Å²) in [6, 6.07) is 0. The summed E-state index contributed by atoms with van der Waals surface area (Å²) >= 11 is 0. The fraction of sp³-hybridized carbons (Fsp3) is 0.714. The fourth-order valence-corrected chi connectivity index (χ4v) is 1.84. The summed E-state index contributed by atoms with van der Waals surface area (Å²) in [5.41, 5.74) is -0.476. The van der Waals surface area contributed by atoms with Gasteiger partial charge in [-0.05, 0) is 40.0 Å². The van der Waals surface area contributed by atoms with Crippen molar-refractivity contribution in [2.45, 2.75) is 39.7 Å². The van der Waals surface area contributed by atoms with Crippen molar-refractivity contribution < 1.29 is 19.1 Å². The Morgan fingerprint density at radius 1 is 1.37 bits per heavy atom. The van der Waals surface area contributed by atoms with Crippen molar-refractivity contribution in [1.82, 2.24) is 4.90 Å². The van der Waals surface area contributed by atoms with Gasteiger partial charge in [-0.2, -0.15) is 0 Å². The van der Waals surface area contributed by atoms with E-state index in [4.69, 9.17) is 9.47 Å². The summed E-state index contributed by atoms with van der Waals surface area (Å²) in [6.07, 6.45) is 3.80. The molecule has 1 amide bonds. The lowest BCUT2D eigenvalue weighted by atomic mass is 10.1. The largest absolute Gasteiger partial charge is 0.463 e. The Labute approximate surface area is 114 Å². The van der Waals surface area contributed by atoms with Gasteiger partial charge in [0, 0.05) is 19.2 Å². The van der Waals surface area contributed by atoms with Gasteiger partial charge in [0.15, 0.2) is 0 Å². The Hall–Kier alpha value is -1.52. The van der Waals surface area contributed by atoms with E-state index in [9.17, 15) is 9.59 Å². The third kappa shape index (κ3) is 5.77. The van der Waals surface area contributed by atoms with Crippen LogP contribution in [0, 0.1) is 5.92 Å². The van der Waals surface area contributed by atoms with E-state index >= 15 is 0 Å². The molecule has 1 atom stereocenters. The van der Waals surface area contributed by atoms with Crippen LogP contribution in [0.3, 0.4) is 0 Å². The molecule has 1 fully saturated rings. The van der Waals surface area contributed by atoms with Gasteiger partial charge < -0.3 is 14.4 Å². The van der Waals surface area contributed by atoms with Crippen LogP contribution in [0.15, 0.2) is 12.2 Å². The number of esters is 1. The monoisotopic (exact) mass is 269 g/mol. The number of nitrogens with zero attached hydrogens (tertiary/aromatic N) is 1. The molecule has 0 radical (unpaired) electrons. The van der Waals surface area contributed by atoms with E-state index in [0.29, 0.717) is 19.7 Å². The number of carbonyl (C=O) groups is 2. The second kappa shape index (κ2) is 6.59. The number of likely N-dealkylation sites (tertiary alicyclic amines) is 1. The average molecular weight is 269 g/mol. The quantitative estimate of drug-likeness (QED) is 0.583. The molecule has 0 aromatic rings. The molecule has 1 heterocycles. The first-order valence-electron chi connectivity index (χ1n) is 6.64. The molecule has 19 heavy (non-hydrogen) atoms. The molecular formula is C14H23NO4. The predicted octanol–water partition coefficient (Wildman–Crippen LogP) is 2.36. The van der Waals surface area contributed by atoms with Gasteiger partial charge in [-0.3, -0.25) is 0 Å². The van der Waals surface area contributed by atoms with Crippen LogP contribution in [0.4, 0.5) is 4.79 Å². The molecule has 0 unspecified atom stereocenters. The summed E-state index contributed by atoms with van der Waals surface area (Å²) in [6.45, 7) is 8.93. The minimum atomic E-state index is -0.476. The SMILES string of the molecule is CCOC(=O)/C=C/[C@H]1CCN(C(=O)OC(C)(C)C)C1. The molecule has 0 N–H and O–H groups in total. The van der Waals surface area contributed by atoms with Crippen molar-refractivity contribution in [3.63, 3.8) is 0 Å². The van der Waals surface area contributed by atoms with Gasteiger partial charge in [-0.15, -0.1) is 0 Å². The van der Waals surface area contributed by atoms with Crippen LogP contribution in [-0.2, 0) is 14.3 Å². The summed E-state index contributed by atoms with van der Waals surface area (Å²) in [7, 11) is 0. The Bertz CT molecular complexity index is 357. The van der Waals surface area contributed by atoms with Gasteiger partial charge in [-0.25, -0.2) is 9.59 Å². The van der Waals surface area contributed by atoms with Crippen LogP contribution < -0.4 is 0 Å². The van der Waals surface area contributed by atoms with Crippen molar-refractivity contribution in [2.75, 3.05) is 19.7 Å². The lowest BCUT2D eigenvalue weighted by molar-refractivity contribution is -0.137. The molecular weight excluding hydrogens is 246 g/mol. The maximum atomic E-state index is 11.8. The molecule has 0 spiro atoms. The van der Waals surface area contributed by atoms with Crippen molar-refractivity contribution in [1.29, 1.82) is 0 Å². The van der Waals surface area contributed by atoms with Crippen molar-refractivity contribution in [3.8, 4) is 0 Å². The first kappa shape index (κ1) is 15.5. The lowest BCUT2D eigenvalue weighted by Crippen LogP contribution is -2.35. The van der Waals surface area contributed by atoms with Crippen LogP contribution >= 0.6 is 0 Å². The summed E-state index contributed by atoms with van der Waals surface area (Å²) in [4.78, 5) is 24.7. The number of amides is 1. The van der Waals surface area contributed by atoms with Crippen molar-refractivity contribution >= 4 is 12.1 Å². The highest BCUT2D eigenvalue weighted by molar-refractivity contribution is 5.81. The predicted molar refractivity (Wildman–Crippen MR) is 71.7 cm³/mol. The van der Waals surface area contributed by atoms with E-state index in [2.05, 4.69) is 0 Å². The fourth-order valence-electron chi connectivity index (χ4n) is 1.84. The zero-order valence-corrected chi connectivity index (χ0v) is 12.1. The zero-order chi connectivity index (χ0) is 14.5. The third-order valence-corrected chi connectivity index (χ3v) is 2.67. The van der Waals surface area contributed by atoms with E-state index in [0.717, 1.165) is 6.42 Å². The number of hydrogen-bond acceptors (Lipinski definition) is 4. The average Bonchev–Trinajstić information content (AvgIpc) is 2.73. The maximum Gasteiger partial charge on any atom is 0.410 e. The molecule has 1 saturated heterocycles. The lowest BCUT2D eigenvalue weighted by Gasteiger charge is -2.24. The highest BCUT2D eigenvalue weighted by atomic mass is 16.6. The molecule has 0 saturated carbocycles. The third-order valence-electron chi connectivity index (χ3n) is 2.67. The number of carbonyl (C=O) groups excluding carboxylic acids is 2. The Morgan fingerprint density at radius 2 is 2.05 bits per heavy atom. The minimum absolute atomic E-state index is 0.192. The molecule has 5 nitrogen and oxygen atoms in total. The zero-order valence-electron chi connectivity index (χ0n) is 12.1. The maximum absolute atomic E-state index is 11.8. The van der Waals surface area contributed by atoms with Gasteiger partial charge in [0.2, 0.25) is 0 Å². The molecule has 0 aromatic carbocycles. The van der Waals surface area contributed by atoms with Crippen LogP contribution in [0.2, 0.25) is 0 Å². The van der Waals surface area contributed by atoms with Crippen LogP contribution in [0.25, 0.3) is 0 Å². The van der Waals surface area contributed by atoms with E-state index in [1.807, 2.05) is 26.8 Å². The number of ether oxygens (including phenoxy) is 2. The van der Waals surface area contributed by atoms with Crippen molar-refractivity contribution in [3.05, 3.63) is 12.2 Å². The minimum Gasteiger partial charge on any atom is -0.463 e. The van der Waals surface area contributed by atoms with Gasteiger partial charge in [0.1, 0.15) is 5.60 Å². The van der Waals surface area contributed by atoms with E-state index in [-0.39, 0.29) is 18.0 Å². The normalized spacial score (nSPS) is 19.8. The highest BCUT2D eigenvalue weighted by Gasteiger charge is 2.28. The van der Waals surface area contributed by atoms with E-state index < -0.39 is 5.60 Å². The second-order valence-electron chi connectivity index (χ2n) is 5.59. The molecule has 108 valence electrons. The van der Waals surface area contributed by atoms with Crippen LogP contribution in [0.1, 0.15) is 34.1 Å². The summed E-state index contributed by atoms with van der Waals surface area (Å²) < 4.78 is 10.1. The van der Waals surface area contributed by atoms with E-state index in [1.54, 1.807) is 11.8 Å². The molecule has 0 bridgehead atoms. The Kier molecular flexibility index (Phi) is 5.39. The van der Waals surface area contributed by atoms with Gasteiger partial charge >= 0.3 is 12.1 Å².